The molecule has 5 heteroatoms. The normalized spacial score (nSPS) is 14.2. The molecule has 0 spiro atoms. The minimum absolute atomic E-state index is 0.0227. The molecule has 1 aliphatic heterocycles. The number of ether oxygens (including phenoxy) is 1. The molecule has 0 atom stereocenters. The molecule has 0 N–H and O–H groups in total. The summed E-state index contributed by atoms with van der Waals surface area (Å²) in [6, 6.07) is 13.8. The average Bonchev–Trinajstić information content (AvgIpc) is 2.73. The first kappa shape index (κ1) is 20.9. The van der Waals surface area contributed by atoms with Crippen molar-refractivity contribution in [3.63, 3.8) is 0 Å². The zero-order valence-corrected chi connectivity index (χ0v) is 17.8. The van der Waals surface area contributed by atoms with E-state index in [1.54, 1.807) is 4.90 Å². The van der Waals surface area contributed by atoms with Gasteiger partial charge < -0.3 is 14.5 Å². The third-order valence-electron chi connectivity index (χ3n) is 5.44. The number of piperazine rings is 1. The molecule has 1 heterocycles. The second-order valence-corrected chi connectivity index (χ2v) is 8.01. The third-order valence-corrected chi connectivity index (χ3v) is 5.44. The van der Waals surface area contributed by atoms with Gasteiger partial charge in [0.1, 0.15) is 5.75 Å². The number of nitrogens with zero attached hydrogens (tertiary/aromatic N) is 2. The predicted octanol–water partition coefficient (Wildman–Crippen LogP) is 3.79. The van der Waals surface area contributed by atoms with Gasteiger partial charge in [-0.3, -0.25) is 9.59 Å². The maximum absolute atomic E-state index is 12.7. The maximum Gasteiger partial charge on any atom is 0.260 e. The Labute approximate surface area is 173 Å². The quantitative estimate of drug-likeness (QED) is 0.775. The largest absolute Gasteiger partial charge is 0.483 e. The Bertz CT molecular complexity index is 866. The summed E-state index contributed by atoms with van der Waals surface area (Å²) in [5, 5.41) is 0. The Hall–Kier alpha value is -2.82. The molecule has 0 bridgehead atoms. The molecule has 0 saturated carbocycles. The van der Waals surface area contributed by atoms with Crippen molar-refractivity contribution in [1.29, 1.82) is 0 Å². The van der Waals surface area contributed by atoms with Crippen LogP contribution in [0, 0.1) is 13.8 Å². The molecule has 2 aromatic rings. The lowest BCUT2D eigenvalue weighted by atomic mass is 10.0. The van der Waals surface area contributed by atoms with E-state index < -0.39 is 0 Å². The lowest BCUT2D eigenvalue weighted by Gasteiger charge is -2.34. The average molecular weight is 395 g/mol. The van der Waals surface area contributed by atoms with Gasteiger partial charge in [-0.2, -0.15) is 0 Å². The van der Waals surface area contributed by atoms with Crippen LogP contribution in [-0.4, -0.2) is 54.4 Å². The Morgan fingerprint density at radius 3 is 2.17 bits per heavy atom. The molecule has 0 radical (unpaired) electrons. The first-order valence-electron chi connectivity index (χ1n) is 10.2. The molecule has 1 fully saturated rings. The Kier molecular flexibility index (Phi) is 6.57. The van der Waals surface area contributed by atoms with Gasteiger partial charge in [0, 0.05) is 31.7 Å². The van der Waals surface area contributed by atoms with Crippen LogP contribution in [0.1, 0.15) is 46.8 Å². The molecular weight excluding hydrogens is 364 g/mol. The summed E-state index contributed by atoms with van der Waals surface area (Å²) in [6.45, 7) is 10.4. The van der Waals surface area contributed by atoms with Crippen LogP contribution in [0.15, 0.2) is 42.5 Å². The van der Waals surface area contributed by atoms with E-state index in [4.69, 9.17) is 4.74 Å². The first-order chi connectivity index (χ1) is 13.8. The molecule has 1 aliphatic rings. The summed E-state index contributed by atoms with van der Waals surface area (Å²) in [4.78, 5) is 28.8. The van der Waals surface area contributed by atoms with E-state index in [0.29, 0.717) is 37.7 Å². The Morgan fingerprint density at radius 2 is 1.55 bits per heavy atom. The van der Waals surface area contributed by atoms with Crippen molar-refractivity contribution >= 4 is 11.8 Å². The van der Waals surface area contributed by atoms with Gasteiger partial charge in [-0.25, -0.2) is 0 Å². The second kappa shape index (κ2) is 9.12. The second-order valence-electron chi connectivity index (χ2n) is 8.01. The number of amides is 2. The highest BCUT2D eigenvalue weighted by Crippen LogP contribution is 2.19. The van der Waals surface area contributed by atoms with Gasteiger partial charge in [0.2, 0.25) is 0 Å². The van der Waals surface area contributed by atoms with Crippen molar-refractivity contribution in [1.82, 2.24) is 9.80 Å². The van der Waals surface area contributed by atoms with Crippen molar-refractivity contribution in [3.05, 3.63) is 64.7 Å². The van der Waals surface area contributed by atoms with E-state index in [1.807, 2.05) is 61.2 Å². The van der Waals surface area contributed by atoms with E-state index in [-0.39, 0.29) is 18.4 Å². The van der Waals surface area contributed by atoms with Crippen LogP contribution < -0.4 is 4.74 Å². The number of rotatable bonds is 5. The van der Waals surface area contributed by atoms with Crippen molar-refractivity contribution < 1.29 is 14.3 Å². The van der Waals surface area contributed by atoms with E-state index >= 15 is 0 Å². The van der Waals surface area contributed by atoms with Crippen LogP contribution in [0.2, 0.25) is 0 Å². The molecule has 1 saturated heterocycles. The third kappa shape index (κ3) is 5.17. The molecule has 3 rings (SSSR count). The lowest BCUT2D eigenvalue weighted by molar-refractivity contribution is -0.134. The Morgan fingerprint density at radius 1 is 0.931 bits per heavy atom. The fourth-order valence-corrected chi connectivity index (χ4v) is 3.45. The molecule has 2 aromatic carbocycles. The monoisotopic (exact) mass is 394 g/mol. The number of hydrogen-bond acceptors (Lipinski definition) is 3. The van der Waals surface area contributed by atoms with Crippen LogP contribution in [0.3, 0.4) is 0 Å². The fraction of sp³-hybridized carbons (Fsp3) is 0.417. The smallest absolute Gasteiger partial charge is 0.260 e. The molecule has 2 amide bonds. The van der Waals surface area contributed by atoms with Gasteiger partial charge in [-0.15, -0.1) is 0 Å². The van der Waals surface area contributed by atoms with E-state index in [1.165, 1.54) is 5.56 Å². The summed E-state index contributed by atoms with van der Waals surface area (Å²) in [5.74, 6) is 1.18. The van der Waals surface area contributed by atoms with Crippen molar-refractivity contribution in [3.8, 4) is 5.75 Å². The summed E-state index contributed by atoms with van der Waals surface area (Å²) >= 11 is 0. The van der Waals surface area contributed by atoms with Crippen LogP contribution in [-0.2, 0) is 4.79 Å². The zero-order valence-electron chi connectivity index (χ0n) is 17.8. The van der Waals surface area contributed by atoms with Gasteiger partial charge in [0.25, 0.3) is 11.8 Å². The molecule has 0 aromatic heterocycles. The summed E-state index contributed by atoms with van der Waals surface area (Å²) in [7, 11) is 0. The molecule has 154 valence electrons. The van der Waals surface area contributed by atoms with Crippen LogP contribution >= 0.6 is 0 Å². The number of carbonyl (C=O) groups is 2. The minimum Gasteiger partial charge on any atom is -0.483 e. The first-order valence-corrected chi connectivity index (χ1v) is 10.2. The van der Waals surface area contributed by atoms with Crippen molar-refractivity contribution in [2.75, 3.05) is 32.8 Å². The molecule has 0 aliphatic carbocycles. The minimum atomic E-state index is -0.0423. The number of carbonyl (C=O) groups excluding carboxylic acids is 2. The highest BCUT2D eigenvalue weighted by molar-refractivity contribution is 5.94. The molecule has 0 unspecified atom stereocenters. The summed E-state index contributed by atoms with van der Waals surface area (Å²) in [6.07, 6.45) is 0. The van der Waals surface area contributed by atoms with Crippen LogP contribution in [0.5, 0.6) is 5.75 Å². The number of aryl methyl sites for hydroxylation is 2. The van der Waals surface area contributed by atoms with E-state index in [9.17, 15) is 9.59 Å². The maximum atomic E-state index is 12.7. The topological polar surface area (TPSA) is 49.9 Å². The van der Waals surface area contributed by atoms with E-state index in [0.717, 1.165) is 16.9 Å². The van der Waals surface area contributed by atoms with E-state index in [2.05, 4.69) is 13.8 Å². The van der Waals surface area contributed by atoms with Gasteiger partial charge in [0.05, 0.1) is 0 Å². The van der Waals surface area contributed by atoms with Gasteiger partial charge in [0.15, 0.2) is 6.61 Å². The van der Waals surface area contributed by atoms with Gasteiger partial charge in [-0.05, 0) is 54.7 Å². The lowest BCUT2D eigenvalue weighted by Crippen LogP contribution is -2.51. The molecule has 5 nitrogen and oxygen atoms in total. The fourth-order valence-electron chi connectivity index (χ4n) is 3.45. The standard InChI is InChI=1S/C24H30N2O3/c1-17(2)20-7-9-21(10-8-20)24(28)26-13-11-25(12-14-26)23(27)16-29-22-15-18(3)5-6-19(22)4/h5-10,15,17H,11-14,16H2,1-4H3. The van der Waals surface area contributed by atoms with Gasteiger partial charge >= 0.3 is 0 Å². The molecule has 29 heavy (non-hydrogen) atoms. The van der Waals surface area contributed by atoms with Gasteiger partial charge in [-0.1, -0.05) is 38.1 Å². The van der Waals surface area contributed by atoms with Crippen molar-refractivity contribution in [2.45, 2.75) is 33.6 Å². The zero-order chi connectivity index (χ0) is 21.0. The van der Waals surface area contributed by atoms with Crippen LogP contribution in [0.25, 0.3) is 0 Å². The Balaban J connectivity index is 1.51. The van der Waals surface area contributed by atoms with Crippen molar-refractivity contribution in [2.24, 2.45) is 0 Å². The molecular formula is C24H30N2O3. The predicted molar refractivity (Wildman–Crippen MR) is 114 cm³/mol. The number of hydrogen-bond donors (Lipinski definition) is 0. The summed E-state index contributed by atoms with van der Waals surface area (Å²) < 4.78 is 5.73. The highest BCUT2D eigenvalue weighted by Gasteiger charge is 2.25. The highest BCUT2D eigenvalue weighted by atomic mass is 16.5. The number of benzene rings is 2. The SMILES string of the molecule is Cc1ccc(C)c(OCC(=O)N2CCN(C(=O)c3ccc(C(C)C)cc3)CC2)c1. The summed E-state index contributed by atoms with van der Waals surface area (Å²) in [5.41, 5.74) is 4.04. The van der Waals surface area contributed by atoms with Crippen LogP contribution in [0.4, 0.5) is 0 Å².